The quantitative estimate of drug-likeness (QED) is 0.762. The van der Waals surface area contributed by atoms with Crippen molar-refractivity contribution in [3.05, 3.63) is 0 Å². The molecule has 1 saturated heterocycles. The average molecular weight is 250 g/mol. The Balaban J connectivity index is 1.53. The lowest BCUT2D eigenvalue weighted by atomic mass is 9.82. The second-order valence-corrected chi connectivity index (χ2v) is 6.47. The van der Waals surface area contributed by atoms with Crippen molar-refractivity contribution in [2.45, 2.75) is 63.8 Å². The van der Waals surface area contributed by atoms with Gasteiger partial charge in [-0.15, -0.1) is 0 Å². The molecule has 102 valence electrons. The molecule has 3 aliphatic rings. The summed E-state index contributed by atoms with van der Waals surface area (Å²) in [4.78, 5) is 14.3. The molecule has 1 aliphatic heterocycles. The van der Waals surface area contributed by atoms with Gasteiger partial charge in [-0.2, -0.15) is 0 Å². The first-order valence-electron chi connectivity index (χ1n) is 7.88. The van der Waals surface area contributed by atoms with Crippen molar-refractivity contribution in [3.8, 4) is 0 Å². The number of amides is 2. The number of piperidine rings is 1. The van der Waals surface area contributed by atoms with E-state index in [1.54, 1.807) is 0 Å². The van der Waals surface area contributed by atoms with E-state index in [2.05, 4.69) is 10.2 Å². The molecular weight excluding hydrogens is 224 g/mol. The number of hydrogen-bond acceptors (Lipinski definition) is 1. The summed E-state index contributed by atoms with van der Waals surface area (Å²) < 4.78 is 0. The van der Waals surface area contributed by atoms with Crippen LogP contribution in [0, 0.1) is 11.8 Å². The number of carbonyl (C=O) groups excluding carboxylic acids is 1. The predicted molar refractivity (Wildman–Crippen MR) is 72.4 cm³/mol. The number of urea groups is 1. The predicted octanol–water partition coefficient (Wildman–Crippen LogP) is 3.15. The van der Waals surface area contributed by atoms with Crippen molar-refractivity contribution in [1.29, 1.82) is 0 Å². The number of fused-ring (bicyclic) bond motifs is 1. The lowest BCUT2D eigenvalue weighted by Gasteiger charge is -2.39. The van der Waals surface area contributed by atoms with Crippen LogP contribution in [0.4, 0.5) is 4.79 Å². The molecule has 0 bridgehead atoms. The van der Waals surface area contributed by atoms with E-state index < -0.39 is 0 Å². The van der Waals surface area contributed by atoms with Gasteiger partial charge in [0.2, 0.25) is 0 Å². The Labute approximate surface area is 110 Å². The van der Waals surface area contributed by atoms with E-state index in [9.17, 15) is 4.79 Å². The number of rotatable bonds is 1. The van der Waals surface area contributed by atoms with Crippen LogP contribution in [0.1, 0.15) is 57.8 Å². The standard InChI is InChI=1S/C15H26N2O/c18-15(16-14-7-4-8-14)17-10-9-12-5-2-1-3-6-13(12)11-17/h12-14H,1-11H2,(H,16,18). The third-order valence-corrected chi connectivity index (χ3v) is 5.26. The Bertz CT molecular complexity index is 301. The van der Waals surface area contributed by atoms with Gasteiger partial charge in [-0.05, 0) is 43.9 Å². The van der Waals surface area contributed by atoms with Gasteiger partial charge in [0.05, 0.1) is 0 Å². The first kappa shape index (κ1) is 12.3. The third kappa shape index (κ3) is 2.65. The van der Waals surface area contributed by atoms with Crippen LogP contribution in [0.2, 0.25) is 0 Å². The van der Waals surface area contributed by atoms with Crippen molar-refractivity contribution in [1.82, 2.24) is 10.2 Å². The molecule has 1 heterocycles. The lowest BCUT2D eigenvalue weighted by molar-refractivity contribution is 0.121. The zero-order valence-electron chi connectivity index (χ0n) is 11.4. The van der Waals surface area contributed by atoms with Gasteiger partial charge in [0, 0.05) is 19.1 Å². The maximum atomic E-state index is 12.2. The van der Waals surface area contributed by atoms with Gasteiger partial charge in [-0.25, -0.2) is 4.79 Å². The fraction of sp³-hybridized carbons (Fsp3) is 0.933. The van der Waals surface area contributed by atoms with Crippen LogP contribution in [0.3, 0.4) is 0 Å². The van der Waals surface area contributed by atoms with Crippen LogP contribution in [-0.2, 0) is 0 Å². The highest BCUT2D eigenvalue weighted by Crippen LogP contribution is 2.35. The van der Waals surface area contributed by atoms with Crippen LogP contribution in [0.5, 0.6) is 0 Å². The molecule has 0 aromatic carbocycles. The summed E-state index contributed by atoms with van der Waals surface area (Å²) in [6.07, 6.45) is 11.8. The summed E-state index contributed by atoms with van der Waals surface area (Å²) in [5.41, 5.74) is 0. The minimum atomic E-state index is 0.211. The second-order valence-electron chi connectivity index (χ2n) is 6.47. The monoisotopic (exact) mass is 250 g/mol. The van der Waals surface area contributed by atoms with Crippen molar-refractivity contribution in [2.75, 3.05) is 13.1 Å². The van der Waals surface area contributed by atoms with E-state index in [-0.39, 0.29) is 6.03 Å². The topological polar surface area (TPSA) is 32.3 Å². The fourth-order valence-corrected chi connectivity index (χ4v) is 3.78. The van der Waals surface area contributed by atoms with Gasteiger partial charge in [-0.3, -0.25) is 0 Å². The van der Waals surface area contributed by atoms with E-state index >= 15 is 0 Å². The van der Waals surface area contributed by atoms with Crippen LogP contribution >= 0.6 is 0 Å². The number of nitrogens with zero attached hydrogens (tertiary/aromatic N) is 1. The van der Waals surface area contributed by atoms with E-state index in [1.807, 2.05) is 0 Å². The normalized spacial score (nSPS) is 33.2. The maximum Gasteiger partial charge on any atom is 0.317 e. The van der Waals surface area contributed by atoms with Gasteiger partial charge in [-0.1, -0.05) is 25.7 Å². The molecule has 2 saturated carbocycles. The third-order valence-electron chi connectivity index (χ3n) is 5.26. The fourth-order valence-electron chi connectivity index (χ4n) is 3.78. The molecule has 3 heteroatoms. The Morgan fingerprint density at radius 2 is 1.67 bits per heavy atom. The Kier molecular flexibility index (Phi) is 3.76. The number of hydrogen-bond donors (Lipinski definition) is 1. The molecule has 0 aromatic rings. The summed E-state index contributed by atoms with van der Waals surface area (Å²) in [6.45, 7) is 2.00. The first-order chi connectivity index (χ1) is 8.83. The molecule has 0 spiro atoms. The van der Waals surface area contributed by atoms with Gasteiger partial charge in [0.25, 0.3) is 0 Å². The molecule has 2 amide bonds. The van der Waals surface area contributed by atoms with E-state index in [1.165, 1.54) is 57.8 Å². The molecule has 3 nitrogen and oxygen atoms in total. The average Bonchev–Trinajstić information content (AvgIpc) is 2.57. The second kappa shape index (κ2) is 5.50. The summed E-state index contributed by atoms with van der Waals surface area (Å²) in [6, 6.07) is 0.687. The molecular formula is C15H26N2O. The Hall–Kier alpha value is -0.730. The Morgan fingerprint density at radius 1 is 0.889 bits per heavy atom. The molecule has 3 fully saturated rings. The molecule has 2 aliphatic carbocycles. The minimum absolute atomic E-state index is 0.211. The molecule has 2 unspecified atom stereocenters. The number of likely N-dealkylation sites (tertiary alicyclic amines) is 1. The van der Waals surface area contributed by atoms with Gasteiger partial charge >= 0.3 is 6.03 Å². The van der Waals surface area contributed by atoms with Gasteiger partial charge in [0.1, 0.15) is 0 Å². The highest BCUT2D eigenvalue weighted by atomic mass is 16.2. The minimum Gasteiger partial charge on any atom is -0.335 e. The largest absolute Gasteiger partial charge is 0.335 e. The van der Waals surface area contributed by atoms with E-state index in [4.69, 9.17) is 0 Å². The number of carbonyl (C=O) groups is 1. The van der Waals surface area contributed by atoms with Crippen molar-refractivity contribution in [2.24, 2.45) is 11.8 Å². The zero-order valence-corrected chi connectivity index (χ0v) is 11.4. The smallest absolute Gasteiger partial charge is 0.317 e. The van der Waals surface area contributed by atoms with Crippen LogP contribution in [0.25, 0.3) is 0 Å². The highest BCUT2D eigenvalue weighted by molar-refractivity contribution is 5.74. The van der Waals surface area contributed by atoms with E-state index in [0.717, 1.165) is 24.9 Å². The molecule has 18 heavy (non-hydrogen) atoms. The molecule has 0 radical (unpaired) electrons. The zero-order chi connectivity index (χ0) is 12.4. The van der Waals surface area contributed by atoms with Crippen molar-refractivity contribution in [3.63, 3.8) is 0 Å². The molecule has 2 atom stereocenters. The summed E-state index contributed by atoms with van der Waals surface area (Å²) in [5.74, 6) is 1.69. The van der Waals surface area contributed by atoms with E-state index in [0.29, 0.717) is 6.04 Å². The highest BCUT2D eigenvalue weighted by Gasteiger charge is 2.32. The maximum absolute atomic E-state index is 12.2. The van der Waals surface area contributed by atoms with Gasteiger partial charge in [0.15, 0.2) is 0 Å². The summed E-state index contributed by atoms with van der Waals surface area (Å²) >= 11 is 0. The van der Waals surface area contributed by atoms with Crippen LogP contribution < -0.4 is 5.32 Å². The lowest BCUT2D eigenvalue weighted by Crippen LogP contribution is -2.51. The molecule has 3 rings (SSSR count). The van der Waals surface area contributed by atoms with Crippen LogP contribution in [-0.4, -0.2) is 30.1 Å². The first-order valence-corrected chi connectivity index (χ1v) is 7.88. The SMILES string of the molecule is O=C(NC1CCC1)N1CCC2CCCCCC2C1. The number of nitrogens with one attached hydrogen (secondary N) is 1. The van der Waals surface area contributed by atoms with Crippen molar-refractivity contribution < 1.29 is 4.79 Å². The van der Waals surface area contributed by atoms with Crippen molar-refractivity contribution >= 4 is 6.03 Å². The van der Waals surface area contributed by atoms with Crippen LogP contribution in [0.15, 0.2) is 0 Å². The Morgan fingerprint density at radius 3 is 2.39 bits per heavy atom. The molecule has 0 aromatic heterocycles. The summed E-state index contributed by atoms with van der Waals surface area (Å²) in [5, 5.41) is 3.18. The summed E-state index contributed by atoms with van der Waals surface area (Å²) in [7, 11) is 0. The molecule has 1 N–H and O–H groups in total. The van der Waals surface area contributed by atoms with Gasteiger partial charge < -0.3 is 10.2 Å².